The summed E-state index contributed by atoms with van der Waals surface area (Å²) >= 11 is 0. The van der Waals surface area contributed by atoms with Crippen LogP contribution < -0.4 is 15.8 Å². The van der Waals surface area contributed by atoms with E-state index in [2.05, 4.69) is 10.6 Å². The Morgan fingerprint density at radius 2 is 1.95 bits per heavy atom. The highest BCUT2D eigenvalue weighted by molar-refractivity contribution is 7.89. The summed E-state index contributed by atoms with van der Waals surface area (Å²) in [6, 6.07) is 2.90. The molecular formula is C14H22ClN3O3S. The third kappa shape index (κ3) is 5.24. The van der Waals surface area contributed by atoms with Gasteiger partial charge in [-0.05, 0) is 62.4 Å². The predicted molar refractivity (Wildman–Crippen MR) is 88.8 cm³/mol. The molecule has 0 saturated heterocycles. The van der Waals surface area contributed by atoms with E-state index in [4.69, 9.17) is 5.14 Å². The molecule has 0 aromatic heterocycles. The number of carbonyl (C=O) groups is 1. The van der Waals surface area contributed by atoms with Crippen LogP contribution in [0.3, 0.4) is 0 Å². The molecule has 1 saturated carbocycles. The number of hydrogen-bond donors (Lipinski definition) is 3. The molecule has 2 rings (SSSR count). The van der Waals surface area contributed by atoms with E-state index in [9.17, 15) is 13.2 Å². The molecule has 0 bridgehead atoms. The Morgan fingerprint density at radius 1 is 1.32 bits per heavy atom. The molecule has 22 heavy (non-hydrogen) atoms. The summed E-state index contributed by atoms with van der Waals surface area (Å²) in [6.45, 7) is 4.68. The lowest BCUT2D eigenvalue weighted by Gasteiger charge is -2.13. The standard InChI is InChI=1S/C14H21N3O3S.ClH/c1-9-5-12(21(15,19)20)6-13(10(9)2)17-14(18)8-16-7-11-3-4-11;/h5-6,11,16H,3-4,7-8H2,1-2H3,(H,17,18)(H2,15,19,20);1H. The average Bonchev–Trinajstić information content (AvgIpc) is 3.17. The molecule has 124 valence electrons. The van der Waals surface area contributed by atoms with Crippen LogP contribution in [-0.2, 0) is 14.8 Å². The van der Waals surface area contributed by atoms with Crippen LogP contribution in [0.25, 0.3) is 0 Å². The van der Waals surface area contributed by atoms with Crippen LogP contribution in [0.2, 0.25) is 0 Å². The minimum absolute atomic E-state index is 0. The highest BCUT2D eigenvalue weighted by atomic mass is 35.5. The first kappa shape index (κ1) is 18.9. The maximum Gasteiger partial charge on any atom is 0.238 e. The van der Waals surface area contributed by atoms with Gasteiger partial charge in [0.25, 0.3) is 0 Å². The summed E-state index contributed by atoms with van der Waals surface area (Å²) in [5.74, 6) is 0.511. The van der Waals surface area contributed by atoms with Gasteiger partial charge in [0.2, 0.25) is 15.9 Å². The Balaban J connectivity index is 0.00000242. The number of primary sulfonamides is 1. The molecular weight excluding hydrogens is 326 g/mol. The molecule has 6 nitrogen and oxygen atoms in total. The van der Waals surface area contributed by atoms with Crippen molar-refractivity contribution in [1.82, 2.24) is 5.32 Å². The zero-order chi connectivity index (χ0) is 15.6. The lowest BCUT2D eigenvalue weighted by molar-refractivity contribution is -0.115. The van der Waals surface area contributed by atoms with Crippen LogP contribution in [-0.4, -0.2) is 27.4 Å². The van der Waals surface area contributed by atoms with E-state index in [1.54, 1.807) is 6.92 Å². The van der Waals surface area contributed by atoms with E-state index in [0.29, 0.717) is 11.6 Å². The molecule has 1 amide bonds. The number of nitrogens with one attached hydrogen (secondary N) is 2. The molecule has 1 aliphatic carbocycles. The monoisotopic (exact) mass is 347 g/mol. The van der Waals surface area contributed by atoms with Gasteiger partial charge in [-0.1, -0.05) is 0 Å². The first-order valence-electron chi connectivity index (χ1n) is 6.92. The maximum atomic E-state index is 11.9. The van der Waals surface area contributed by atoms with E-state index in [-0.39, 0.29) is 29.8 Å². The molecule has 0 radical (unpaired) electrons. The van der Waals surface area contributed by atoms with Crippen LogP contribution in [0.4, 0.5) is 5.69 Å². The molecule has 1 aromatic rings. The molecule has 1 aliphatic rings. The predicted octanol–water partition coefficient (Wildman–Crippen LogP) is 1.31. The van der Waals surface area contributed by atoms with Crippen molar-refractivity contribution in [2.24, 2.45) is 11.1 Å². The molecule has 0 aliphatic heterocycles. The minimum atomic E-state index is -3.79. The number of aryl methyl sites for hydroxylation is 1. The molecule has 0 spiro atoms. The molecule has 1 aromatic carbocycles. The number of sulfonamides is 1. The van der Waals surface area contributed by atoms with Crippen LogP contribution in [0.5, 0.6) is 0 Å². The fraction of sp³-hybridized carbons (Fsp3) is 0.500. The Hall–Kier alpha value is -1.15. The SMILES string of the molecule is Cc1cc(S(N)(=O)=O)cc(NC(=O)CNCC2CC2)c1C.Cl. The number of hydrogen-bond acceptors (Lipinski definition) is 4. The van der Waals surface area contributed by atoms with Crippen LogP contribution in [0, 0.1) is 19.8 Å². The van der Waals surface area contributed by atoms with E-state index in [0.717, 1.165) is 17.7 Å². The van der Waals surface area contributed by atoms with Gasteiger partial charge in [-0.3, -0.25) is 4.79 Å². The van der Waals surface area contributed by atoms with Crippen molar-refractivity contribution in [3.05, 3.63) is 23.3 Å². The van der Waals surface area contributed by atoms with E-state index in [1.807, 2.05) is 6.92 Å². The van der Waals surface area contributed by atoms with Crippen LogP contribution in [0.15, 0.2) is 17.0 Å². The van der Waals surface area contributed by atoms with E-state index >= 15 is 0 Å². The lowest BCUT2D eigenvalue weighted by Crippen LogP contribution is -2.29. The van der Waals surface area contributed by atoms with Crippen molar-refractivity contribution >= 4 is 34.0 Å². The fourth-order valence-electron chi connectivity index (χ4n) is 2.03. The quantitative estimate of drug-likeness (QED) is 0.722. The van der Waals surface area contributed by atoms with Crippen molar-refractivity contribution < 1.29 is 13.2 Å². The second-order valence-electron chi connectivity index (χ2n) is 5.58. The number of amides is 1. The molecule has 8 heteroatoms. The summed E-state index contributed by atoms with van der Waals surface area (Å²) in [6.07, 6.45) is 2.45. The van der Waals surface area contributed by atoms with Gasteiger partial charge in [0, 0.05) is 5.69 Å². The van der Waals surface area contributed by atoms with E-state index in [1.165, 1.54) is 25.0 Å². The van der Waals surface area contributed by atoms with Gasteiger partial charge in [0.05, 0.1) is 11.4 Å². The third-order valence-corrected chi connectivity index (χ3v) is 4.55. The number of anilines is 1. The highest BCUT2D eigenvalue weighted by Crippen LogP contribution is 2.27. The van der Waals surface area contributed by atoms with Gasteiger partial charge in [-0.15, -0.1) is 12.4 Å². The van der Waals surface area contributed by atoms with E-state index < -0.39 is 10.0 Å². The number of nitrogens with two attached hydrogens (primary N) is 1. The first-order chi connectivity index (χ1) is 9.77. The van der Waals surface area contributed by atoms with Crippen LogP contribution in [0.1, 0.15) is 24.0 Å². The second kappa shape index (κ2) is 7.41. The fourth-order valence-corrected chi connectivity index (χ4v) is 2.65. The highest BCUT2D eigenvalue weighted by Gasteiger charge is 2.20. The normalized spacial score (nSPS) is 14.3. The van der Waals surface area contributed by atoms with Gasteiger partial charge in [-0.25, -0.2) is 13.6 Å². The summed E-state index contributed by atoms with van der Waals surface area (Å²) in [7, 11) is -3.79. The van der Waals surface area contributed by atoms with Crippen LogP contribution >= 0.6 is 12.4 Å². The smallest absolute Gasteiger partial charge is 0.238 e. The van der Waals surface area contributed by atoms with Gasteiger partial charge in [0.15, 0.2) is 0 Å². The Kier molecular flexibility index (Phi) is 6.37. The Bertz CT molecular complexity index is 658. The van der Waals surface area contributed by atoms with Crippen molar-refractivity contribution in [1.29, 1.82) is 0 Å². The Labute approximate surface area is 137 Å². The van der Waals surface area contributed by atoms with Crippen molar-refractivity contribution in [3.8, 4) is 0 Å². The Morgan fingerprint density at radius 3 is 2.50 bits per heavy atom. The number of rotatable bonds is 6. The van der Waals surface area contributed by atoms with Crippen molar-refractivity contribution in [2.75, 3.05) is 18.4 Å². The molecule has 1 fully saturated rings. The maximum absolute atomic E-state index is 11.9. The zero-order valence-electron chi connectivity index (χ0n) is 12.7. The number of carbonyl (C=O) groups excluding carboxylic acids is 1. The third-order valence-electron chi connectivity index (χ3n) is 3.66. The average molecular weight is 348 g/mol. The molecule has 0 unspecified atom stereocenters. The summed E-state index contributed by atoms with van der Waals surface area (Å²) in [5, 5.41) is 11.0. The largest absolute Gasteiger partial charge is 0.325 e. The van der Waals surface area contributed by atoms with Crippen molar-refractivity contribution in [2.45, 2.75) is 31.6 Å². The lowest BCUT2D eigenvalue weighted by atomic mass is 10.1. The van der Waals surface area contributed by atoms with Gasteiger partial charge >= 0.3 is 0 Å². The topological polar surface area (TPSA) is 101 Å². The first-order valence-corrected chi connectivity index (χ1v) is 8.46. The molecule has 0 heterocycles. The number of halogens is 1. The summed E-state index contributed by atoms with van der Waals surface area (Å²) in [4.78, 5) is 11.9. The molecule has 4 N–H and O–H groups in total. The summed E-state index contributed by atoms with van der Waals surface area (Å²) in [5.41, 5.74) is 2.08. The van der Waals surface area contributed by atoms with Gasteiger partial charge in [0.1, 0.15) is 0 Å². The van der Waals surface area contributed by atoms with Gasteiger partial charge < -0.3 is 10.6 Å². The number of benzene rings is 1. The molecule has 0 atom stereocenters. The van der Waals surface area contributed by atoms with Crippen molar-refractivity contribution in [3.63, 3.8) is 0 Å². The summed E-state index contributed by atoms with van der Waals surface area (Å²) < 4.78 is 22.9. The zero-order valence-corrected chi connectivity index (χ0v) is 14.3. The van der Waals surface area contributed by atoms with Gasteiger partial charge in [-0.2, -0.15) is 0 Å². The minimum Gasteiger partial charge on any atom is -0.325 e. The second-order valence-corrected chi connectivity index (χ2v) is 7.14.